The molecule has 2 N–H and O–H groups in total. The van der Waals surface area contributed by atoms with E-state index in [-0.39, 0.29) is 11.5 Å². The second-order valence-corrected chi connectivity index (χ2v) is 9.03. The van der Waals surface area contributed by atoms with Crippen LogP contribution in [0.1, 0.15) is 71.1 Å². The van der Waals surface area contributed by atoms with E-state index in [4.69, 9.17) is 0 Å². The fourth-order valence-electron chi connectivity index (χ4n) is 6.54. The number of aliphatic hydroxyl groups is 1. The van der Waals surface area contributed by atoms with Crippen LogP contribution in [0.3, 0.4) is 0 Å². The Bertz CT molecular complexity index is 424. The van der Waals surface area contributed by atoms with Crippen LogP contribution >= 0.6 is 0 Å². The summed E-state index contributed by atoms with van der Waals surface area (Å²) in [6.07, 6.45) is 10.9. The normalized spacial score (nSPS) is 51.9. The zero-order valence-electron chi connectivity index (χ0n) is 13.2. The molecule has 0 spiro atoms. The molecule has 5 saturated carbocycles. The van der Waals surface area contributed by atoms with Gasteiger partial charge in [-0.1, -0.05) is 6.92 Å². The minimum absolute atomic E-state index is 0.0467. The zero-order chi connectivity index (χ0) is 14.7. The molecule has 0 aliphatic heterocycles. The van der Waals surface area contributed by atoms with Crippen LogP contribution in [-0.4, -0.2) is 23.2 Å². The third kappa shape index (κ3) is 2.42. The zero-order valence-corrected chi connectivity index (χ0v) is 13.2. The first-order valence-electron chi connectivity index (χ1n) is 8.95. The van der Waals surface area contributed by atoms with Gasteiger partial charge in [0.15, 0.2) is 0 Å². The molecule has 0 aromatic heterocycles. The highest BCUT2D eigenvalue weighted by Gasteiger charge is 2.58. The summed E-state index contributed by atoms with van der Waals surface area (Å²) in [4.78, 5) is 13.0. The number of hydrogen-bond acceptors (Lipinski definition) is 2. The molecule has 0 aromatic carbocycles. The van der Waals surface area contributed by atoms with Crippen molar-refractivity contribution in [2.75, 3.05) is 0 Å². The molecule has 5 fully saturated rings. The summed E-state index contributed by atoms with van der Waals surface area (Å²) in [5.41, 5.74) is 0.388. The number of nitrogens with one attached hydrogen (secondary N) is 1. The summed E-state index contributed by atoms with van der Waals surface area (Å²) in [6.45, 7) is 2.42. The number of aliphatic hydroxyl groups excluding tert-OH is 1. The molecule has 0 radical (unpaired) electrons. The Morgan fingerprint density at radius 3 is 2.24 bits per heavy atom. The Hall–Kier alpha value is -0.570. The Labute approximate surface area is 127 Å². The quantitative estimate of drug-likeness (QED) is 0.821. The number of hydrogen-bond donors (Lipinski definition) is 2. The van der Waals surface area contributed by atoms with E-state index in [2.05, 4.69) is 12.2 Å². The van der Waals surface area contributed by atoms with Crippen molar-refractivity contribution in [1.29, 1.82) is 0 Å². The highest BCUT2D eigenvalue weighted by molar-refractivity contribution is 5.83. The van der Waals surface area contributed by atoms with Crippen molar-refractivity contribution in [3.8, 4) is 0 Å². The van der Waals surface area contributed by atoms with Gasteiger partial charge < -0.3 is 10.4 Å². The van der Waals surface area contributed by atoms with E-state index in [1.54, 1.807) is 0 Å². The summed E-state index contributed by atoms with van der Waals surface area (Å²) in [7, 11) is 0. The smallest absolute Gasteiger partial charge is 0.226 e. The Morgan fingerprint density at radius 1 is 1.05 bits per heavy atom. The monoisotopic (exact) mass is 291 g/mol. The van der Waals surface area contributed by atoms with Gasteiger partial charge in [-0.3, -0.25) is 4.79 Å². The van der Waals surface area contributed by atoms with Crippen molar-refractivity contribution in [2.45, 2.75) is 83.3 Å². The van der Waals surface area contributed by atoms with Gasteiger partial charge in [0.2, 0.25) is 5.91 Å². The fourth-order valence-corrected chi connectivity index (χ4v) is 6.54. The van der Waals surface area contributed by atoms with Crippen LogP contribution in [0, 0.1) is 22.7 Å². The average molecular weight is 291 g/mol. The molecule has 2 unspecified atom stereocenters. The lowest BCUT2D eigenvalue weighted by Gasteiger charge is -2.60. The molecule has 5 aliphatic rings. The van der Waals surface area contributed by atoms with Crippen molar-refractivity contribution in [3.63, 3.8) is 0 Å². The first-order valence-corrected chi connectivity index (χ1v) is 8.95. The Kier molecular flexibility index (Phi) is 3.15. The standard InChI is InChI=1S/C18H29NO2/c1-17-7-12-6-13(8-17)10-18(9-12,11-17)16(21)19-14-2-4-15(20)5-3-14/h12-15,20H,2-11H2,1H3,(H,19,21). The number of carbonyl (C=O) groups is 1. The van der Waals surface area contributed by atoms with Gasteiger partial charge in [0.05, 0.1) is 11.5 Å². The maximum Gasteiger partial charge on any atom is 0.226 e. The van der Waals surface area contributed by atoms with E-state index in [9.17, 15) is 9.90 Å². The van der Waals surface area contributed by atoms with Crippen molar-refractivity contribution in [2.24, 2.45) is 22.7 Å². The number of rotatable bonds is 2. The van der Waals surface area contributed by atoms with Gasteiger partial charge in [-0.25, -0.2) is 0 Å². The Morgan fingerprint density at radius 2 is 1.67 bits per heavy atom. The largest absolute Gasteiger partial charge is 0.393 e. The minimum atomic E-state index is -0.142. The summed E-state index contributed by atoms with van der Waals surface area (Å²) in [5.74, 6) is 1.95. The molecule has 21 heavy (non-hydrogen) atoms. The van der Waals surface area contributed by atoms with Gasteiger partial charge in [-0.2, -0.15) is 0 Å². The molecule has 1 amide bonds. The SMILES string of the molecule is CC12CC3CC(C1)CC(C(=O)NC1CCC(O)CC1)(C3)C2. The molecular weight excluding hydrogens is 262 g/mol. The van der Waals surface area contributed by atoms with Gasteiger partial charge in [0.25, 0.3) is 0 Å². The van der Waals surface area contributed by atoms with Gasteiger partial charge >= 0.3 is 0 Å². The molecular formula is C18H29NO2. The van der Waals surface area contributed by atoms with Gasteiger partial charge in [-0.15, -0.1) is 0 Å². The van der Waals surface area contributed by atoms with Crippen molar-refractivity contribution in [1.82, 2.24) is 5.32 Å². The van der Waals surface area contributed by atoms with Crippen molar-refractivity contribution < 1.29 is 9.90 Å². The highest BCUT2D eigenvalue weighted by Crippen LogP contribution is 2.65. The summed E-state index contributed by atoms with van der Waals surface area (Å²) >= 11 is 0. The van der Waals surface area contributed by atoms with Crippen LogP contribution in [0.25, 0.3) is 0 Å². The maximum atomic E-state index is 13.0. The predicted octanol–water partition coefficient (Wildman–Crippen LogP) is 3.01. The summed E-state index contributed by atoms with van der Waals surface area (Å²) < 4.78 is 0. The molecule has 3 heteroatoms. The predicted molar refractivity (Wildman–Crippen MR) is 81.6 cm³/mol. The summed E-state index contributed by atoms with van der Waals surface area (Å²) in [6, 6.07) is 0.307. The third-order valence-corrected chi connectivity index (χ3v) is 6.87. The second kappa shape index (κ2) is 4.71. The van der Waals surface area contributed by atoms with E-state index in [0.717, 1.165) is 56.8 Å². The fraction of sp³-hybridized carbons (Fsp3) is 0.944. The van der Waals surface area contributed by atoms with Crippen LogP contribution in [-0.2, 0) is 4.79 Å². The van der Waals surface area contributed by atoms with E-state index < -0.39 is 0 Å². The minimum Gasteiger partial charge on any atom is -0.393 e. The van der Waals surface area contributed by atoms with Gasteiger partial charge in [0, 0.05) is 6.04 Å². The summed E-state index contributed by atoms with van der Waals surface area (Å²) in [5, 5.41) is 13.0. The lowest BCUT2D eigenvalue weighted by atomic mass is 9.44. The topological polar surface area (TPSA) is 49.3 Å². The van der Waals surface area contributed by atoms with Crippen molar-refractivity contribution >= 4 is 5.91 Å². The number of amides is 1. The molecule has 3 nitrogen and oxygen atoms in total. The third-order valence-electron chi connectivity index (χ3n) is 6.87. The molecule has 118 valence electrons. The van der Waals surface area contributed by atoms with Crippen LogP contribution in [0.15, 0.2) is 0 Å². The Balaban J connectivity index is 1.46. The molecule has 0 aromatic rings. The average Bonchev–Trinajstić information content (AvgIpc) is 2.38. The van der Waals surface area contributed by atoms with E-state index in [1.165, 1.54) is 19.3 Å². The van der Waals surface area contributed by atoms with Crippen LogP contribution < -0.4 is 5.32 Å². The van der Waals surface area contributed by atoms with Crippen LogP contribution in [0.4, 0.5) is 0 Å². The first kappa shape index (κ1) is 14.0. The van der Waals surface area contributed by atoms with Gasteiger partial charge in [0.1, 0.15) is 0 Å². The molecule has 4 bridgehead atoms. The van der Waals surface area contributed by atoms with E-state index >= 15 is 0 Å². The number of carbonyl (C=O) groups excluding carboxylic acids is 1. The van der Waals surface area contributed by atoms with Gasteiger partial charge in [-0.05, 0) is 81.5 Å². The molecule has 5 aliphatic carbocycles. The van der Waals surface area contributed by atoms with Crippen molar-refractivity contribution in [3.05, 3.63) is 0 Å². The second-order valence-electron chi connectivity index (χ2n) is 9.03. The lowest BCUT2D eigenvalue weighted by Crippen LogP contribution is -2.58. The molecule has 0 saturated heterocycles. The molecule has 2 atom stereocenters. The van der Waals surface area contributed by atoms with Crippen LogP contribution in [0.5, 0.6) is 0 Å². The molecule has 0 heterocycles. The van der Waals surface area contributed by atoms with Crippen LogP contribution in [0.2, 0.25) is 0 Å². The molecule has 5 rings (SSSR count). The maximum absolute atomic E-state index is 13.0. The highest BCUT2D eigenvalue weighted by atomic mass is 16.3. The van der Waals surface area contributed by atoms with E-state index in [0.29, 0.717) is 17.4 Å². The first-order chi connectivity index (χ1) is 9.96. The van der Waals surface area contributed by atoms with E-state index in [1.807, 2.05) is 0 Å². The lowest BCUT2D eigenvalue weighted by molar-refractivity contribution is -0.156.